The number of rotatable bonds is 6. The van der Waals surface area contributed by atoms with Crippen molar-refractivity contribution >= 4 is 0 Å². The van der Waals surface area contributed by atoms with Gasteiger partial charge in [-0.3, -0.25) is 0 Å². The molecule has 0 aromatic rings. The summed E-state index contributed by atoms with van der Waals surface area (Å²) in [5, 5.41) is 4.00. The van der Waals surface area contributed by atoms with Crippen LogP contribution in [0.2, 0.25) is 0 Å². The highest BCUT2D eigenvalue weighted by molar-refractivity contribution is 5.13. The van der Waals surface area contributed by atoms with Crippen molar-refractivity contribution in [2.45, 2.75) is 95.9 Å². The minimum Gasteiger partial charge on any atom is -0.378 e. The Labute approximate surface area is 130 Å². The Morgan fingerprint density at radius 1 is 1.19 bits per heavy atom. The average molecular weight is 295 g/mol. The molecule has 0 radical (unpaired) electrons. The summed E-state index contributed by atoms with van der Waals surface area (Å²) in [7, 11) is 0. The van der Waals surface area contributed by atoms with E-state index in [-0.39, 0.29) is 5.60 Å². The van der Waals surface area contributed by atoms with Gasteiger partial charge in [0.15, 0.2) is 0 Å². The highest BCUT2D eigenvalue weighted by atomic mass is 16.5. The summed E-state index contributed by atoms with van der Waals surface area (Å²) in [6, 6.07) is 1.33. The Kier molecular flexibility index (Phi) is 4.63. The van der Waals surface area contributed by atoms with Crippen molar-refractivity contribution in [1.29, 1.82) is 0 Å². The van der Waals surface area contributed by atoms with Crippen molar-refractivity contribution in [2.24, 2.45) is 5.41 Å². The molecule has 1 saturated heterocycles. The lowest BCUT2D eigenvalue weighted by Crippen LogP contribution is -2.68. The van der Waals surface area contributed by atoms with Crippen LogP contribution in [0.25, 0.3) is 0 Å². The van der Waals surface area contributed by atoms with E-state index in [9.17, 15) is 0 Å². The van der Waals surface area contributed by atoms with Gasteiger partial charge in [0.2, 0.25) is 0 Å². The highest BCUT2D eigenvalue weighted by Gasteiger charge is 2.59. The maximum absolute atomic E-state index is 6.11. The quantitative estimate of drug-likeness (QED) is 0.811. The van der Waals surface area contributed by atoms with E-state index >= 15 is 0 Å². The van der Waals surface area contributed by atoms with Crippen LogP contribution in [0.4, 0.5) is 0 Å². The second-order valence-electron chi connectivity index (χ2n) is 7.41. The third-order valence-electron chi connectivity index (χ3n) is 6.66. The van der Waals surface area contributed by atoms with Gasteiger partial charge < -0.3 is 14.8 Å². The number of hydrogen-bond acceptors (Lipinski definition) is 3. The van der Waals surface area contributed by atoms with Gasteiger partial charge in [0.05, 0.1) is 11.7 Å². The van der Waals surface area contributed by atoms with Crippen LogP contribution in [0, 0.1) is 5.41 Å². The van der Waals surface area contributed by atoms with Gasteiger partial charge in [0.25, 0.3) is 0 Å². The Balaban J connectivity index is 1.57. The molecule has 21 heavy (non-hydrogen) atoms. The van der Waals surface area contributed by atoms with E-state index in [1.165, 1.54) is 38.5 Å². The van der Waals surface area contributed by atoms with Crippen LogP contribution in [0.1, 0.15) is 72.1 Å². The van der Waals surface area contributed by atoms with E-state index in [2.05, 4.69) is 26.1 Å². The predicted octanol–water partition coefficient (Wildman–Crippen LogP) is 3.66. The summed E-state index contributed by atoms with van der Waals surface area (Å²) < 4.78 is 12.1. The first kappa shape index (κ1) is 15.8. The van der Waals surface area contributed by atoms with E-state index in [1.54, 1.807) is 0 Å². The van der Waals surface area contributed by atoms with Crippen LogP contribution < -0.4 is 5.32 Å². The van der Waals surface area contributed by atoms with E-state index in [1.807, 2.05) is 0 Å². The Morgan fingerprint density at radius 2 is 1.95 bits per heavy atom. The predicted molar refractivity (Wildman–Crippen MR) is 85.5 cm³/mol. The first-order valence-corrected chi connectivity index (χ1v) is 9.19. The monoisotopic (exact) mass is 295 g/mol. The highest BCUT2D eigenvalue weighted by Crippen LogP contribution is 2.57. The lowest BCUT2D eigenvalue weighted by atomic mass is 9.50. The van der Waals surface area contributed by atoms with Crippen LogP contribution in [0.15, 0.2) is 0 Å². The van der Waals surface area contributed by atoms with Crippen LogP contribution in [0.5, 0.6) is 0 Å². The largest absolute Gasteiger partial charge is 0.378 e. The molecule has 3 atom stereocenters. The Hall–Kier alpha value is -0.120. The molecule has 3 heteroatoms. The summed E-state index contributed by atoms with van der Waals surface area (Å²) >= 11 is 0. The molecule has 0 bridgehead atoms. The van der Waals surface area contributed by atoms with Gasteiger partial charge in [-0.1, -0.05) is 20.3 Å². The molecule has 3 fully saturated rings. The molecular weight excluding hydrogens is 262 g/mol. The van der Waals surface area contributed by atoms with Crippen molar-refractivity contribution in [3.8, 4) is 0 Å². The fourth-order valence-electron chi connectivity index (χ4n) is 4.87. The van der Waals surface area contributed by atoms with Gasteiger partial charge in [0.1, 0.15) is 0 Å². The van der Waals surface area contributed by atoms with Crippen molar-refractivity contribution in [2.75, 3.05) is 13.2 Å². The molecule has 1 heterocycles. The smallest absolute Gasteiger partial charge is 0.0692 e. The fraction of sp³-hybridized carbons (Fsp3) is 1.00. The topological polar surface area (TPSA) is 30.5 Å². The Bertz CT molecular complexity index is 349. The van der Waals surface area contributed by atoms with Gasteiger partial charge >= 0.3 is 0 Å². The minimum atomic E-state index is 0.131. The van der Waals surface area contributed by atoms with Crippen molar-refractivity contribution in [3.05, 3.63) is 0 Å². The van der Waals surface area contributed by atoms with Crippen LogP contribution >= 0.6 is 0 Å². The molecule has 0 aromatic carbocycles. The molecule has 122 valence electrons. The third kappa shape index (κ3) is 2.66. The molecule has 1 spiro atoms. The summed E-state index contributed by atoms with van der Waals surface area (Å²) in [5.74, 6) is 0. The zero-order valence-corrected chi connectivity index (χ0v) is 14.1. The van der Waals surface area contributed by atoms with Crippen LogP contribution in [-0.2, 0) is 9.47 Å². The number of nitrogens with one attached hydrogen (secondary N) is 1. The molecule has 2 saturated carbocycles. The summed E-state index contributed by atoms with van der Waals surface area (Å²) in [6.07, 6.45) is 10.5. The molecule has 1 aliphatic heterocycles. The molecule has 3 aliphatic rings. The molecular formula is C18H33NO2. The lowest BCUT2D eigenvalue weighted by Gasteiger charge is -2.62. The fourth-order valence-corrected chi connectivity index (χ4v) is 4.87. The summed E-state index contributed by atoms with van der Waals surface area (Å²) in [4.78, 5) is 0. The van der Waals surface area contributed by atoms with E-state index in [0.29, 0.717) is 23.6 Å². The summed E-state index contributed by atoms with van der Waals surface area (Å²) in [6.45, 7) is 8.46. The van der Waals surface area contributed by atoms with E-state index < -0.39 is 0 Å². The molecule has 3 nitrogen and oxygen atoms in total. The molecule has 2 aliphatic carbocycles. The lowest BCUT2D eigenvalue weighted by molar-refractivity contribution is -0.179. The van der Waals surface area contributed by atoms with Gasteiger partial charge in [0, 0.05) is 30.7 Å². The second kappa shape index (κ2) is 6.17. The number of ether oxygens (including phenoxy) is 2. The van der Waals surface area contributed by atoms with Gasteiger partial charge in [-0.2, -0.15) is 0 Å². The molecule has 3 unspecified atom stereocenters. The molecule has 0 aromatic heterocycles. The zero-order chi connectivity index (χ0) is 14.9. The zero-order valence-electron chi connectivity index (χ0n) is 14.1. The van der Waals surface area contributed by atoms with E-state index in [0.717, 1.165) is 26.1 Å². The average Bonchev–Trinajstić information content (AvgIpc) is 2.44. The minimum absolute atomic E-state index is 0.131. The first-order chi connectivity index (χ1) is 10.2. The maximum atomic E-state index is 6.11. The van der Waals surface area contributed by atoms with E-state index in [4.69, 9.17) is 9.47 Å². The number of hydrogen-bond donors (Lipinski definition) is 1. The van der Waals surface area contributed by atoms with Crippen molar-refractivity contribution in [3.63, 3.8) is 0 Å². The Morgan fingerprint density at radius 3 is 2.52 bits per heavy atom. The molecule has 3 rings (SSSR count). The SMILES string of the molecule is CCOC1CC(NC2CCOC(CC)(CC)C2)C12CCC2. The van der Waals surface area contributed by atoms with Crippen molar-refractivity contribution in [1.82, 2.24) is 5.32 Å². The first-order valence-electron chi connectivity index (χ1n) is 9.19. The normalized spacial score (nSPS) is 37.0. The molecule has 1 N–H and O–H groups in total. The van der Waals surface area contributed by atoms with Gasteiger partial charge in [-0.15, -0.1) is 0 Å². The van der Waals surface area contributed by atoms with Crippen molar-refractivity contribution < 1.29 is 9.47 Å². The second-order valence-corrected chi connectivity index (χ2v) is 7.41. The van der Waals surface area contributed by atoms with Crippen LogP contribution in [0.3, 0.4) is 0 Å². The maximum Gasteiger partial charge on any atom is 0.0692 e. The van der Waals surface area contributed by atoms with Crippen LogP contribution in [-0.4, -0.2) is 37.0 Å². The molecule has 0 amide bonds. The van der Waals surface area contributed by atoms with Gasteiger partial charge in [-0.05, 0) is 51.9 Å². The van der Waals surface area contributed by atoms with Gasteiger partial charge in [-0.25, -0.2) is 0 Å². The third-order valence-corrected chi connectivity index (χ3v) is 6.66. The standard InChI is InChI=1S/C18H33NO2/c1-4-17(5-2)13-14(8-11-21-17)19-15-12-16(20-6-3)18(15)9-7-10-18/h14-16,19H,4-13H2,1-3H3. The summed E-state index contributed by atoms with van der Waals surface area (Å²) in [5.41, 5.74) is 0.612.